The number of aromatic nitrogens is 4. The van der Waals surface area contributed by atoms with E-state index in [0.29, 0.717) is 11.0 Å². The van der Waals surface area contributed by atoms with Crippen LogP contribution < -0.4 is 4.43 Å². The van der Waals surface area contributed by atoms with Gasteiger partial charge in [-0.05, 0) is 12.1 Å². The predicted molar refractivity (Wildman–Crippen MR) is 94.3 cm³/mol. The fourth-order valence-electron chi connectivity index (χ4n) is 3.08. The van der Waals surface area contributed by atoms with Crippen LogP contribution in [-0.2, 0) is 0 Å². The number of nitrogens with zero attached hydrogens (tertiary/aromatic N) is 2. The molecule has 0 amide bonds. The minimum atomic E-state index is 0.576. The first-order valence-corrected chi connectivity index (χ1v) is 7.72. The molecule has 114 valence electrons. The average Bonchev–Trinajstić information content (AvgIpc) is 3.04. The van der Waals surface area contributed by atoms with E-state index in [2.05, 4.69) is 15.0 Å². The minimum Gasteiger partial charge on any atom is -0.344 e. The van der Waals surface area contributed by atoms with Gasteiger partial charge in [-0.15, -0.1) is 0 Å². The zero-order valence-electron chi connectivity index (χ0n) is 12.7. The van der Waals surface area contributed by atoms with Gasteiger partial charge in [0.1, 0.15) is 16.9 Å². The summed E-state index contributed by atoms with van der Waals surface area (Å²) in [5.41, 5.74) is 5.46. The molecular weight excluding hydrogens is 300 g/mol. The fourth-order valence-corrected chi connectivity index (χ4v) is 3.08. The van der Waals surface area contributed by atoms with E-state index in [1.165, 1.54) is 0 Å². The molecule has 2 aromatic heterocycles. The molecule has 5 rings (SSSR count). The van der Waals surface area contributed by atoms with Crippen LogP contribution in [0.1, 0.15) is 0 Å². The first-order chi connectivity index (χ1) is 11.8. The van der Waals surface area contributed by atoms with Gasteiger partial charge >= 0.3 is 0 Å². The van der Waals surface area contributed by atoms with Crippen LogP contribution in [0.4, 0.5) is 0 Å². The van der Waals surface area contributed by atoms with Crippen LogP contribution in [0.3, 0.4) is 0 Å². The molecule has 2 heterocycles. The van der Waals surface area contributed by atoms with Crippen LogP contribution in [0.5, 0.6) is 0 Å². The molecule has 5 nitrogen and oxygen atoms in total. The second-order valence-corrected chi connectivity index (χ2v) is 5.77. The number of hydrogen-bond donors (Lipinski definition) is 2. The SMILES string of the molecule is O=[n+]1c2ccccc2[nH]c2cc3[nH]c(-c4ccccc4)nc3cc21. The molecule has 0 fully saturated rings. The second kappa shape index (κ2) is 4.76. The molecule has 0 aliphatic carbocycles. The van der Waals surface area contributed by atoms with Gasteiger partial charge in [0.25, 0.3) is 11.0 Å². The predicted octanol–water partition coefficient (Wildman–Crippen LogP) is 3.78. The third kappa shape index (κ3) is 1.85. The highest BCUT2D eigenvalue weighted by Crippen LogP contribution is 2.23. The summed E-state index contributed by atoms with van der Waals surface area (Å²) in [6, 6.07) is 21.2. The van der Waals surface area contributed by atoms with Crippen LogP contribution >= 0.6 is 0 Å². The molecule has 0 spiro atoms. The summed E-state index contributed by atoms with van der Waals surface area (Å²) in [6.45, 7) is 0. The Labute approximate surface area is 136 Å². The van der Waals surface area contributed by atoms with Gasteiger partial charge in [-0.3, -0.25) is 0 Å². The molecule has 0 saturated heterocycles. The van der Waals surface area contributed by atoms with Gasteiger partial charge in [0.05, 0.1) is 15.5 Å². The van der Waals surface area contributed by atoms with E-state index >= 15 is 0 Å². The number of aromatic amines is 2. The number of fused-ring (bicyclic) bond motifs is 3. The van der Waals surface area contributed by atoms with Gasteiger partial charge in [0, 0.05) is 22.6 Å². The zero-order chi connectivity index (χ0) is 16.1. The Morgan fingerprint density at radius 2 is 1.54 bits per heavy atom. The first kappa shape index (κ1) is 13.0. The number of benzene rings is 3. The maximum Gasteiger partial charge on any atom is 0.289 e. The molecule has 0 radical (unpaired) electrons. The minimum absolute atomic E-state index is 0.576. The van der Waals surface area contributed by atoms with Crippen molar-refractivity contribution in [2.24, 2.45) is 0 Å². The molecule has 5 aromatic rings. The number of hydrogen-bond acceptors (Lipinski definition) is 2. The van der Waals surface area contributed by atoms with E-state index in [-0.39, 0.29) is 0 Å². The highest BCUT2D eigenvalue weighted by atomic mass is 16.3. The first-order valence-electron chi connectivity index (χ1n) is 7.72. The van der Waals surface area contributed by atoms with Gasteiger partial charge in [0.15, 0.2) is 0 Å². The van der Waals surface area contributed by atoms with Crippen molar-refractivity contribution in [3.8, 4) is 11.4 Å². The number of nitrogens with one attached hydrogen (secondary N) is 2. The van der Waals surface area contributed by atoms with Crippen LogP contribution in [0.15, 0.2) is 66.7 Å². The van der Waals surface area contributed by atoms with Crippen molar-refractivity contribution in [1.82, 2.24) is 15.0 Å². The van der Waals surface area contributed by atoms with Crippen molar-refractivity contribution in [2.45, 2.75) is 0 Å². The molecule has 5 heteroatoms. The molecule has 0 saturated carbocycles. The lowest BCUT2D eigenvalue weighted by atomic mass is 10.2. The number of rotatable bonds is 1. The maximum absolute atomic E-state index is 12.7. The van der Waals surface area contributed by atoms with Gasteiger partial charge in [-0.1, -0.05) is 42.5 Å². The van der Waals surface area contributed by atoms with E-state index in [1.807, 2.05) is 66.7 Å². The fraction of sp³-hybridized carbons (Fsp3) is 0. The van der Waals surface area contributed by atoms with E-state index in [0.717, 1.165) is 37.9 Å². The Morgan fingerprint density at radius 3 is 2.42 bits per heavy atom. The molecule has 0 aliphatic heterocycles. The summed E-state index contributed by atoms with van der Waals surface area (Å²) in [5.74, 6) is 0.794. The molecule has 0 unspecified atom stereocenters. The molecule has 2 N–H and O–H groups in total. The molecule has 0 aliphatic rings. The Bertz CT molecular complexity index is 1270. The summed E-state index contributed by atoms with van der Waals surface area (Å²) >= 11 is 0. The van der Waals surface area contributed by atoms with E-state index in [9.17, 15) is 4.91 Å². The standard InChI is InChI=1S/C19H13N4O/c24-23-17-9-5-4-8-13(17)20-16-10-14-15(11-18(16)23)22-19(21-14)12-6-2-1-3-7-12/h1-11H,(H,20,24)(H,21,22)/q+1. The second-order valence-electron chi connectivity index (χ2n) is 5.77. The van der Waals surface area contributed by atoms with E-state index in [4.69, 9.17) is 0 Å². The van der Waals surface area contributed by atoms with Gasteiger partial charge in [-0.2, -0.15) is 0 Å². The summed E-state index contributed by atoms with van der Waals surface area (Å²) in [4.78, 5) is 24.0. The number of para-hydroxylation sites is 2. The lowest BCUT2D eigenvalue weighted by Crippen LogP contribution is -2.17. The molecule has 24 heavy (non-hydrogen) atoms. The van der Waals surface area contributed by atoms with Crippen molar-refractivity contribution in [3.05, 3.63) is 71.6 Å². The van der Waals surface area contributed by atoms with Gasteiger partial charge in [0.2, 0.25) is 0 Å². The molecule has 3 aromatic carbocycles. The van der Waals surface area contributed by atoms with Crippen LogP contribution in [0.2, 0.25) is 0 Å². The average molecular weight is 313 g/mol. The third-order valence-electron chi connectivity index (χ3n) is 4.26. The topological polar surface area (TPSA) is 67.4 Å². The van der Waals surface area contributed by atoms with Gasteiger partial charge in [-0.25, -0.2) is 4.98 Å². The summed E-state index contributed by atoms with van der Waals surface area (Å²) in [7, 11) is 0. The van der Waals surface area contributed by atoms with Crippen LogP contribution in [0, 0.1) is 4.91 Å². The van der Waals surface area contributed by atoms with Crippen molar-refractivity contribution in [1.29, 1.82) is 0 Å². The van der Waals surface area contributed by atoms with Crippen LogP contribution in [-0.4, -0.2) is 15.0 Å². The monoisotopic (exact) mass is 313 g/mol. The Morgan fingerprint density at radius 1 is 0.750 bits per heavy atom. The molecule has 0 atom stereocenters. The molecular formula is C19H13N4O+. The number of imidazole rings is 1. The lowest BCUT2D eigenvalue weighted by molar-refractivity contribution is -0.432. The maximum atomic E-state index is 12.7. The van der Waals surface area contributed by atoms with Gasteiger partial charge < -0.3 is 9.97 Å². The summed E-state index contributed by atoms with van der Waals surface area (Å²) in [6.07, 6.45) is 0. The quantitative estimate of drug-likeness (QED) is 0.365. The highest BCUT2D eigenvalue weighted by molar-refractivity contribution is 5.93. The Hall–Kier alpha value is -3.47. The van der Waals surface area contributed by atoms with Crippen molar-refractivity contribution < 1.29 is 4.43 Å². The summed E-state index contributed by atoms with van der Waals surface area (Å²) < 4.78 is 0.956. The largest absolute Gasteiger partial charge is 0.344 e. The Kier molecular flexibility index (Phi) is 2.58. The highest BCUT2D eigenvalue weighted by Gasteiger charge is 2.16. The van der Waals surface area contributed by atoms with Crippen molar-refractivity contribution in [2.75, 3.05) is 0 Å². The summed E-state index contributed by atoms with van der Waals surface area (Å²) in [5, 5.41) is 0. The Balaban J connectivity index is 1.84. The normalized spacial score (nSPS) is 11.5. The zero-order valence-corrected chi connectivity index (χ0v) is 12.7. The van der Waals surface area contributed by atoms with Crippen molar-refractivity contribution in [3.63, 3.8) is 0 Å². The third-order valence-corrected chi connectivity index (χ3v) is 4.26. The number of H-pyrrole nitrogens is 2. The smallest absolute Gasteiger partial charge is 0.289 e. The van der Waals surface area contributed by atoms with E-state index < -0.39 is 0 Å². The van der Waals surface area contributed by atoms with E-state index in [1.54, 1.807) is 0 Å². The van der Waals surface area contributed by atoms with Crippen LogP contribution in [0.25, 0.3) is 44.5 Å². The molecule has 0 bridgehead atoms. The lowest BCUT2D eigenvalue weighted by Gasteiger charge is -1.95. The van der Waals surface area contributed by atoms with Crippen molar-refractivity contribution >= 4 is 33.1 Å².